The summed E-state index contributed by atoms with van der Waals surface area (Å²) in [6, 6.07) is 24.4. The number of alkyl halides is 3. The number of benzene rings is 3. The first-order valence-electron chi connectivity index (χ1n) is 15.9. The van der Waals surface area contributed by atoms with Gasteiger partial charge in [-0.15, -0.1) is 11.3 Å². The van der Waals surface area contributed by atoms with Gasteiger partial charge in [-0.2, -0.15) is 13.2 Å². The summed E-state index contributed by atoms with van der Waals surface area (Å²) in [7, 11) is -1.99. The number of ether oxygens (including phenoxy) is 2. The lowest BCUT2D eigenvalue weighted by Gasteiger charge is -2.34. The molecule has 3 aromatic heterocycles. The molecule has 0 spiro atoms. The van der Waals surface area contributed by atoms with Crippen molar-refractivity contribution >= 4 is 53.9 Å². The van der Waals surface area contributed by atoms with Crippen molar-refractivity contribution in [3.05, 3.63) is 108 Å². The number of nitrogens with zero attached hydrogens (tertiary/aromatic N) is 4. The van der Waals surface area contributed by atoms with Gasteiger partial charge in [0, 0.05) is 72.8 Å². The lowest BCUT2D eigenvalue weighted by Crippen LogP contribution is -2.48. The molecule has 0 radical (unpaired) electrons. The number of halogens is 3. The van der Waals surface area contributed by atoms with E-state index in [1.54, 1.807) is 47.8 Å². The Morgan fingerprint density at radius 3 is 2.41 bits per heavy atom. The van der Waals surface area contributed by atoms with Gasteiger partial charge in [-0.3, -0.25) is 14.4 Å². The number of pyridine rings is 1. The molecule has 7 rings (SSSR count). The molecular formula is C36H32F3N5O5S2. The van der Waals surface area contributed by atoms with Crippen molar-refractivity contribution in [1.82, 2.24) is 19.4 Å². The summed E-state index contributed by atoms with van der Waals surface area (Å²) in [6.07, 6.45) is -2.99. The zero-order valence-corrected chi connectivity index (χ0v) is 28.9. The van der Waals surface area contributed by atoms with Crippen LogP contribution in [0.1, 0.15) is 16.1 Å². The van der Waals surface area contributed by atoms with Gasteiger partial charge >= 0.3 is 6.18 Å². The molecule has 4 heterocycles. The molecular weight excluding hydrogens is 704 g/mol. The molecule has 10 nitrogen and oxygen atoms in total. The van der Waals surface area contributed by atoms with E-state index in [1.807, 2.05) is 46.8 Å². The molecule has 0 saturated carbocycles. The number of carbonyl (C=O) groups excluding carboxylic acids is 1. The number of hydrogen-bond donors (Lipinski definition) is 1. The summed E-state index contributed by atoms with van der Waals surface area (Å²) in [5.41, 5.74) is 2.58. The third kappa shape index (κ3) is 7.80. The molecule has 1 N–H and O–H groups in total. The minimum Gasteiger partial charge on any atom is -0.484 e. The third-order valence-corrected chi connectivity index (χ3v) is 11.1. The van der Waals surface area contributed by atoms with Gasteiger partial charge in [0.25, 0.3) is 15.9 Å². The Kier molecular flexibility index (Phi) is 9.35. The lowest BCUT2D eigenvalue weighted by atomic mass is 10.2. The van der Waals surface area contributed by atoms with Gasteiger partial charge < -0.3 is 18.9 Å². The number of fused-ring (bicyclic) bond motifs is 2. The lowest BCUT2D eigenvalue weighted by molar-refractivity contribution is -0.153. The van der Waals surface area contributed by atoms with Gasteiger partial charge in [-0.05, 0) is 48.0 Å². The number of carbonyl (C=O) groups is 1. The minimum absolute atomic E-state index is 0.0860. The van der Waals surface area contributed by atoms with E-state index in [4.69, 9.17) is 9.47 Å². The van der Waals surface area contributed by atoms with Crippen LogP contribution in [-0.2, 0) is 23.6 Å². The number of aromatic nitrogens is 2. The van der Waals surface area contributed by atoms with Crippen LogP contribution in [0.2, 0.25) is 0 Å². The number of amides is 1. The normalized spacial score (nSPS) is 14.2. The molecule has 3 aromatic carbocycles. The van der Waals surface area contributed by atoms with Crippen molar-refractivity contribution in [2.45, 2.75) is 17.6 Å². The van der Waals surface area contributed by atoms with Crippen molar-refractivity contribution in [3.8, 4) is 17.4 Å². The van der Waals surface area contributed by atoms with Gasteiger partial charge in [-0.25, -0.2) is 13.4 Å². The smallest absolute Gasteiger partial charge is 0.422 e. The maximum Gasteiger partial charge on any atom is 0.422 e. The van der Waals surface area contributed by atoms with E-state index in [-0.39, 0.29) is 22.4 Å². The number of piperazine rings is 1. The van der Waals surface area contributed by atoms with Crippen LogP contribution in [0.5, 0.6) is 17.4 Å². The standard InChI is InChI=1S/C36H32F3N5O5S2/c1-42-30-19-28(49-34-13-9-26(20-40-34)41-51(46,47)33-22-50-32-5-3-2-4-29(32)33)12-8-25(30)18-31(42)35(45)44-16-14-43(15-17-44)21-24-6-10-27(11-7-24)48-23-36(37,38)39/h2-13,18-20,22,41H,14-17,21,23H2,1H3. The fourth-order valence-electron chi connectivity index (χ4n) is 5.96. The highest BCUT2D eigenvalue weighted by Crippen LogP contribution is 2.32. The van der Waals surface area contributed by atoms with Crippen LogP contribution in [0.15, 0.2) is 101 Å². The van der Waals surface area contributed by atoms with Crippen molar-refractivity contribution in [2.24, 2.45) is 7.05 Å². The van der Waals surface area contributed by atoms with Crippen molar-refractivity contribution in [1.29, 1.82) is 0 Å². The summed E-state index contributed by atoms with van der Waals surface area (Å²) in [5, 5.41) is 3.15. The number of anilines is 1. The van der Waals surface area contributed by atoms with E-state index in [1.165, 1.54) is 29.7 Å². The minimum atomic E-state index is -4.39. The van der Waals surface area contributed by atoms with E-state index in [9.17, 15) is 26.4 Å². The van der Waals surface area contributed by atoms with E-state index >= 15 is 0 Å². The van der Waals surface area contributed by atoms with Crippen LogP contribution < -0.4 is 14.2 Å². The van der Waals surface area contributed by atoms with Gasteiger partial charge in [0.05, 0.1) is 17.4 Å². The van der Waals surface area contributed by atoms with E-state index in [0.29, 0.717) is 55.2 Å². The molecule has 0 aliphatic carbocycles. The average molecular weight is 736 g/mol. The second-order valence-corrected chi connectivity index (χ2v) is 14.7. The molecule has 0 bridgehead atoms. The highest BCUT2D eigenvalue weighted by molar-refractivity contribution is 7.93. The average Bonchev–Trinajstić information content (AvgIpc) is 3.70. The second-order valence-electron chi connectivity index (χ2n) is 12.1. The molecule has 1 saturated heterocycles. The summed E-state index contributed by atoms with van der Waals surface area (Å²) in [5.74, 6) is 0.851. The molecule has 0 unspecified atom stereocenters. The Hall–Kier alpha value is -5.12. The first kappa shape index (κ1) is 34.3. The van der Waals surface area contributed by atoms with Gasteiger partial charge in [0.1, 0.15) is 22.1 Å². The number of thiophene rings is 1. The molecule has 1 fully saturated rings. The SMILES string of the molecule is Cn1c(C(=O)N2CCN(Cc3ccc(OCC(F)(F)F)cc3)CC2)cc2ccc(Oc3ccc(NS(=O)(=O)c4csc5ccccc45)cn3)cc21. The Balaban J connectivity index is 0.950. The predicted molar refractivity (Wildman–Crippen MR) is 189 cm³/mol. The topological polar surface area (TPSA) is 106 Å². The number of hydrogen-bond acceptors (Lipinski definition) is 8. The Bertz CT molecular complexity index is 2300. The third-order valence-electron chi connectivity index (χ3n) is 8.57. The molecule has 15 heteroatoms. The van der Waals surface area contributed by atoms with Crippen molar-refractivity contribution in [2.75, 3.05) is 37.5 Å². The molecule has 6 aromatic rings. The van der Waals surface area contributed by atoms with Crippen LogP contribution in [0.25, 0.3) is 21.0 Å². The Morgan fingerprint density at radius 1 is 0.941 bits per heavy atom. The largest absolute Gasteiger partial charge is 0.484 e. The fourth-order valence-corrected chi connectivity index (χ4v) is 8.50. The number of sulfonamides is 1. The highest BCUT2D eigenvalue weighted by Gasteiger charge is 2.29. The summed E-state index contributed by atoms with van der Waals surface area (Å²) in [6.45, 7) is 1.64. The van der Waals surface area contributed by atoms with Crippen LogP contribution >= 0.6 is 11.3 Å². The van der Waals surface area contributed by atoms with Crippen LogP contribution in [0.4, 0.5) is 18.9 Å². The van der Waals surface area contributed by atoms with Crippen LogP contribution in [0.3, 0.4) is 0 Å². The van der Waals surface area contributed by atoms with Crippen LogP contribution in [0, 0.1) is 0 Å². The van der Waals surface area contributed by atoms with E-state index < -0.39 is 22.8 Å². The van der Waals surface area contributed by atoms with E-state index in [2.05, 4.69) is 14.6 Å². The Morgan fingerprint density at radius 2 is 1.69 bits per heavy atom. The first-order chi connectivity index (χ1) is 24.4. The first-order valence-corrected chi connectivity index (χ1v) is 18.3. The fraction of sp³-hybridized carbons (Fsp3) is 0.222. The quantitative estimate of drug-likeness (QED) is 0.158. The molecule has 0 atom stereocenters. The number of nitrogens with one attached hydrogen (secondary N) is 1. The van der Waals surface area contributed by atoms with Gasteiger partial charge in [0.15, 0.2) is 6.61 Å². The highest BCUT2D eigenvalue weighted by atomic mass is 32.2. The molecule has 264 valence electrons. The molecule has 51 heavy (non-hydrogen) atoms. The second kappa shape index (κ2) is 13.9. The van der Waals surface area contributed by atoms with Crippen molar-refractivity contribution < 1.29 is 35.9 Å². The molecule has 1 amide bonds. The number of aryl methyl sites for hydroxylation is 1. The van der Waals surface area contributed by atoms with Crippen LogP contribution in [-0.4, -0.2) is 72.6 Å². The zero-order chi connectivity index (χ0) is 35.8. The maximum absolute atomic E-state index is 13.6. The summed E-state index contributed by atoms with van der Waals surface area (Å²) in [4.78, 5) is 22.1. The predicted octanol–water partition coefficient (Wildman–Crippen LogP) is 7.28. The maximum atomic E-state index is 13.6. The number of rotatable bonds is 10. The van der Waals surface area contributed by atoms with Gasteiger partial charge in [-0.1, -0.05) is 30.3 Å². The molecule has 1 aliphatic rings. The Labute approximate surface area is 295 Å². The summed E-state index contributed by atoms with van der Waals surface area (Å²) < 4.78 is 79.4. The van der Waals surface area contributed by atoms with Gasteiger partial charge in [0.2, 0.25) is 5.88 Å². The summed E-state index contributed by atoms with van der Waals surface area (Å²) >= 11 is 1.36. The zero-order valence-electron chi connectivity index (χ0n) is 27.3. The van der Waals surface area contributed by atoms with Crippen molar-refractivity contribution in [3.63, 3.8) is 0 Å². The van der Waals surface area contributed by atoms with E-state index in [0.717, 1.165) is 21.2 Å². The molecule has 1 aliphatic heterocycles. The monoisotopic (exact) mass is 735 g/mol.